The van der Waals surface area contributed by atoms with E-state index in [0.717, 1.165) is 26.2 Å². The van der Waals surface area contributed by atoms with Crippen LogP contribution in [0.15, 0.2) is 32.8 Å². The van der Waals surface area contributed by atoms with E-state index < -0.39 is 6.04 Å². The summed E-state index contributed by atoms with van der Waals surface area (Å²) in [4.78, 5) is 17.4. The molecule has 0 fully saturated rings. The number of nitrogens with zero attached hydrogens (tertiary/aromatic N) is 1. The van der Waals surface area contributed by atoms with Crippen molar-refractivity contribution >= 4 is 47.1 Å². The third-order valence-electron chi connectivity index (χ3n) is 2.94. The van der Waals surface area contributed by atoms with Gasteiger partial charge in [-0.3, -0.25) is 4.79 Å². The van der Waals surface area contributed by atoms with E-state index in [2.05, 4.69) is 10.3 Å². The molecule has 0 bridgehead atoms. The number of benzene rings is 1. The Balaban J connectivity index is 0.00000264. The summed E-state index contributed by atoms with van der Waals surface area (Å²) in [5, 5.41) is 4.85. The van der Waals surface area contributed by atoms with Crippen molar-refractivity contribution in [1.82, 2.24) is 4.98 Å². The smallest absolute Gasteiger partial charge is 0.243 e. The maximum Gasteiger partial charge on any atom is 0.243 e. The standard InChI is InChI=1S/C15H19N3O2S2.ClH/c1-9-6-11(22-15-17-10(2)8-21-15)4-5-13(9)18-14(19)12(16)7-20-3;/h4-6,8,12H,7,16H2,1-3H3,(H,18,19);1H. The summed E-state index contributed by atoms with van der Waals surface area (Å²) >= 11 is 3.24. The lowest BCUT2D eigenvalue weighted by Crippen LogP contribution is -2.39. The molecule has 0 aliphatic carbocycles. The van der Waals surface area contributed by atoms with Crippen molar-refractivity contribution in [2.24, 2.45) is 5.73 Å². The van der Waals surface area contributed by atoms with E-state index in [9.17, 15) is 4.79 Å². The molecule has 1 unspecified atom stereocenters. The molecule has 2 aromatic rings. The zero-order chi connectivity index (χ0) is 16.1. The Morgan fingerprint density at radius 1 is 1.48 bits per heavy atom. The van der Waals surface area contributed by atoms with Crippen molar-refractivity contribution in [3.05, 3.63) is 34.8 Å². The first kappa shape index (κ1) is 19.9. The second-order valence-corrected chi connectivity index (χ2v) is 7.06. The topological polar surface area (TPSA) is 77.2 Å². The minimum atomic E-state index is -0.670. The van der Waals surface area contributed by atoms with Crippen LogP contribution in [0.3, 0.4) is 0 Å². The summed E-state index contributed by atoms with van der Waals surface area (Å²) in [7, 11) is 1.52. The Morgan fingerprint density at radius 2 is 2.22 bits per heavy atom. The number of carbonyl (C=O) groups excluding carboxylic acids is 1. The number of hydrogen-bond acceptors (Lipinski definition) is 6. The van der Waals surface area contributed by atoms with Crippen LogP contribution in [0, 0.1) is 13.8 Å². The molecule has 1 aromatic carbocycles. The summed E-state index contributed by atoms with van der Waals surface area (Å²) in [6.07, 6.45) is 0. The van der Waals surface area contributed by atoms with Gasteiger partial charge in [0.15, 0.2) is 4.34 Å². The number of carbonyl (C=O) groups is 1. The van der Waals surface area contributed by atoms with Crippen molar-refractivity contribution in [3.63, 3.8) is 0 Å². The number of rotatable bonds is 6. The maximum absolute atomic E-state index is 11.9. The second kappa shape index (κ2) is 9.24. The highest BCUT2D eigenvalue weighted by Gasteiger charge is 2.14. The van der Waals surface area contributed by atoms with Gasteiger partial charge in [-0.15, -0.1) is 23.7 Å². The Labute approximate surface area is 150 Å². The highest BCUT2D eigenvalue weighted by atomic mass is 35.5. The molecule has 3 N–H and O–H groups in total. The minimum absolute atomic E-state index is 0. The predicted octanol–water partition coefficient (Wildman–Crippen LogP) is 3.25. The van der Waals surface area contributed by atoms with E-state index in [1.54, 1.807) is 23.1 Å². The molecule has 126 valence electrons. The van der Waals surface area contributed by atoms with Gasteiger partial charge >= 0.3 is 0 Å². The van der Waals surface area contributed by atoms with Crippen LogP contribution in [-0.4, -0.2) is 30.6 Å². The number of nitrogens with one attached hydrogen (secondary N) is 1. The Kier molecular flexibility index (Phi) is 8.01. The SMILES string of the molecule is COCC(N)C(=O)Nc1ccc(Sc2nc(C)cs2)cc1C.Cl. The van der Waals surface area contributed by atoms with Gasteiger partial charge in [0, 0.05) is 28.8 Å². The first-order valence-corrected chi connectivity index (χ1v) is 8.45. The van der Waals surface area contributed by atoms with Crippen LogP contribution in [0.25, 0.3) is 0 Å². The average Bonchev–Trinajstić information content (AvgIpc) is 2.87. The Hall–Kier alpha value is -1.12. The van der Waals surface area contributed by atoms with E-state index in [4.69, 9.17) is 10.5 Å². The van der Waals surface area contributed by atoms with Crippen molar-refractivity contribution in [2.75, 3.05) is 19.0 Å². The largest absolute Gasteiger partial charge is 0.383 e. The van der Waals surface area contributed by atoms with E-state index in [1.165, 1.54) is 7.11 Å². The molecule has 0 spiro atoms. The van der Waals surface area contributed by atoms with Gasteiger partial charge in [-0.25, -0.2) is 4.98 Å². The fraction of sp³-hybridized carbons (Fsp3) is 0.333. The van der Waals surface area contributed by atoms with Crippen molar-refractivity contribution in [1.29, 1.82) is 0 Å². The van der Waals surface area contributed by atoms with Crippen molar-refractivity contribution in [3.8, 4) is 0 Å². The molecular formula is C15H20ClN3O2S2. The molecule has 0 saturated carbocycles. The Morgan fingerprint density at radius 3 is 2.78 bits per heavy atom. The van der Waals surface area contributed by atoms with Crippen LogP contribution < -0.4 is 11.1 Å². The van der Waals surface area contributed by atoms with Gasteiger partial charge in [0.25, 0.3) is 0 Å². The molecule has 1 aromatic heterocycles. The van der Waals surface area contributed by atoms with Crippen LogP contribution in [0.1, 0.15) is 11.3 Å². The van der Waals surface area contributed by atoms with Gasteiger partial charge in [-0.1, -0.05) is 11.8 Å². The molecule has 0 aliphatic heterocycles. The van der Waals surface area contributed by atoms with Crippen LogP contribution in [0.5, 0.6) is 0 Å². The highest BCUT2D eigenvalue weighted by molar-refractivity contribution is 8.01. The molecule has 1 amide bonds. The minimum Gasteiger partial charge on any atom is -0.383 e. The molecule has 0 aliphatic rings. The zero-order valence-corrected chi connectivity index (χ0v) is 15.6. The van der Waals surface area contributed by atoms with Gasteiger partial charge < -0.3 is 15.8 Å². The fourth-order valence-corrected chi connectivity index (χ4v) is 3.71. The molecular weight excluding hydrogens is 354 g/mol. The summed E-state index contributed by atoms with van der Waals surface area (Å²) in [5.74, 6) is -0.249. The molecule has 23 heavy (non-hydrogen) atoms. The van der Waals surface area contributed by atoms with Gasteiger partial charge in [-0.05, 0) is 37.6 Å². The van der Waals surface area contributed by atoms with Crippen LogP contribution in [0.2, 0.25) is 0 Å². The maximum atomic E-state index is 11.9. The summed E-state index contributed by atoms with van der Waals surface area (Å²) in [5.41, 5.74) is 8.48. The second-order valence-electron chi connectivity index (χ2n) is 4.88. The first-order chi connectivity index (χ1) is 10.5. The first-order valence-electron chi connectivity index (χ1n) is 6.75. The van der Waals surface area contributed by atoms with E-state index in [0.29, 0.717) is 0 Å². The molecule has 1 atom stereocenters. The number of aryl methyl sites for hydroxylation is 2. The fourth-order valence-electron chi connectivity index (χ4n) is 1.80. The molecule has 2 rings (SSSR count). The third kappa shape index (κ3) is 5.78. The molecule has 0 radical (unpaired) electrons. The van der Waals surface area contributed by atoms with Gasteiger partial charge in [-0.2, -0.15) is 0 Å². The summed E-state index contributed by atoms with van der Waals surface area (Å²) in [6.45, 7) is 4.13. The van der Waals surface area contributed by atoms with Crippen molar-refractivity contribution < 1.29 is 9.53 Å². The monoisotopic (exact) mass is 373 g/mol. The lowest BCUT2D eigenvalue weighted by Gasteiger charge is -2.13. The number of ether oxygens (including phenoxy) is 1. The number of methoxy groups -OCH3 is 1. The summed E-state index contributed by atoms with van der Waals surface area (Å²) in [6, 6.07) is 5.21. The number of halogens is 1. The van der Waals surface area contributed by atoms with Crippen LogP contribution >= 0.6 is 35.5 Å². The summed E-state index contributed by atoms with van der Waals surface area (Å²) < 4.78 is 5.90. The zero-order valence-electron chi connectivity index (χ0n) is 13.2. The number of amides is 1. The number of hydrogen-bond donors (Lipinski definition) is 2. The van der Waals surface area contributed by atoms with Gasteiger partial charge in [0.05, 0.1) is 6.61 Å². The number of anilines is 1. The lowest BCUT2D eigenvalue weighted by atomic mass is 10.2. The lowest BCUT2D eigenvalue weighted by molar-refractivity contribution is -0.118. The average molecular weight is 374 g/mol. The van der Waals surface area contributed by atoms with Crippen LogP contribution in [-0.2, 0) is 9.53 Å². The molecule has 5 nitrogen and oxygen atoms in total. The third-order valence-corrected chi connectivity index (χ3v) is 4.99. The highest BCUT2D eigenvalue weighted by Crippen LogP contribution is 2.32. The quantitative estimate of drug-likeness (QED) is 0.812. The number of aromatic nitrogens is 1. The van der Waals surface area contributed by atoms with E-state index >= 15 is 0 Å². The van der Waals surface area contributed by atoms with E-state index in [-0.39, 0.29) is 24.9 Å². The van der Waals surface area contributed by atoms with Crippen molar-refractivity contribution in [2.45, 2.75) is 29.1 Å². The normalized spacial score (nSPS) is 11.7. The van der Waals surface area contributed by atoms with Gasteiger partial charge in [0.2, 0.25) is 5.91 Å². The molecule has 1 heterocycles. The number of nitrogens with two attached hydrogens (primary N) is 1. The Bertz CT molecular complexity index is 664. The molecule has 8 heteroatoms. The van der Waals surface area contributed by atoms with E-state index in [1.807, 2.05) is 37.4 Å². The van der Waals surface area contributed by atoms with Crippen LogP contribution in [0.4, 0.5) is 5.69 Å². The molecule has 0 saturated heterocycles. The number of thiazole rings is 1. The predicted molar refractivity (Wildman–Crippen MR) is 97.9 cm³/mol. The van der Waals surface area contributed by atoms with Gasteiger partial charge in [0.1, 0.15) is 6.04 Å².